The van der Waals surface area contributed by atoms with Crippen LogP contribution in [0.1, 0.15) is 41.4 Å². The Balaban J connectivity index is 1.84. The largest absolute Gasteiger partial charge is 0.507 e. The fourth-order valence-electron chi connectivity index (χ4n) is 4.01. The number of rotatable bonds is 6. The first kappa shape index (κ1) is 24.3. The molecule has 1 aliphatic rings. The molecule has 9 nitrogen and oxygen atoms in total. The molecule has 1 amide bonds. The van der Waals surface area contributed by atoms with Crippen molar-refractivity contribution < 1.29 is 29.2 Å². The van der Waals surface area contributed by atoms with E-state index in [2.05, 4.69) is 0 Å². The van der Waals surface area contributed by atoms with E-state index >= 15 is 0 Å². The van der Waals surface area contributed by atoms with Crippen LogP contribution in [0.25, 0.3) is 5.76 Å². The van der Waals surface area contributed by atoms with E-state index in [-0.39, 0.29) is 28.5 Å². The number of nitrogens with zero attached hydrogens (tertiary/aromatic N) is 2. The molecule has 3 aromatic rings. The molecule has 1 N–H and O–H groups in total. The number of hydrogen-bond donors (Lipinski definition) is 1. The van der Waals surface area contributed by atoms with Crippen molar-refractivity contribution in [2.24, 2.45) is 0 Å². The Bertz CT molecular complexity index is 1380. The van der Waals surface area contributed by atoms with Crippen LogP contribution in [0.5, 0.6) is 0 Å². The number of Topliss-reactive ketones (excluding diaryl/α,β-unsaturated/α-hetero) is 1. The number of carbonyl (C=O) groups is 3. The first-order valence-corrected chi connectivity index (χ1v) is 11.1. The highest BCUT2D eigenvalue weighted by Crippen LogP contribution is 2.42. The van der Waals surface area contributed by atoms with Crippen LogP contribution in [0.15, 0.2) is 84.4 Å². The Morgan fingerprint density at radius 2 is 1.64 bits per heavy atom. The number of carbonyl (C=O) groups excluding carboxylic acids is 3. The minimum Gasteiger partial charge on any atom is -0.507 e. The van der Waals surface area contributed by atoms with Gasteiger partial charge in [-0.2, -0.15) is 0 Å². The van der Waals surface area contributed by atoms with Gasteiger partial charge in [0.1, 0.15) is 5.76 Å². The van der Waals surface area contributed by atoms with Gasteiger partial charge >= 0.3 is 5.97 Å². The van der Waals surface area contributed by atoms with Gasteiger partial charge in [-0.25, -0.2) is 4.79 Å². The first-order chi connectivity index (χ1) is 17.2. The highest BCUT2D eigenvalue weighted by atomic mass is 16.6. The molecule has 1 saturated heterocycles. The van der Waals surface area contributed by atoms with Gasteiger partial charge in [-0.1, -0.05) is 42.5 Å². The summed E-state index contributed by atoms with van der Waals surface area (Å²) in [5.41, 5.74) is 0.715. The zero-order chi connectivity index (χ0) is 26.0. The molecule has 1 atom stereocenters. The van der Waals surface area contributed by atoms with Gasteiger partial charge in [0, 0.05) is 23.4 Å². The fourth-order valence-corrected chi connectivity index (χ4v) is 4.01. The first-order valence-electron chi connectivity index (χ1n) is 11.1. The molecule has 0 saturated carbocycles. The summed E-state index contributed by atoms with van der Waals surface area (Å²) in [7, 11) is 0. The van der Waals surface area contributed by atoms with E-state index in [9.17, 15) is 29.6 Å². The minimum absolute atomic E-state index is 0.0370. The molecule has 1 heterocycles. The molecule has 3 aromatic carbocycles. The number of esters is 1. The smallest absolute Gasteiger partial charge is 0.338 e. The van der Waals surface area contributed by atoms with Crippen LogP contribution in [0.3, 0.4) is 0 Å². The molecule has 4 rings (SSSR count). The van der Waals surface area contributed by atoms with Gasteiger partial charge in [0.2, 0.25) is 0 Å². The van der Waals surface area contributed by atoms with Crippen LogP contribution in [-0.4, -0.2) is 33.8 Å². The summed E-state index contributed by atoms with van der Waals surface area (Å²) in [6.45, 7) is 3.46. The topological polar surface area (TPSA) is 127 Å². The average molecular weight is 486 g/mol. The highest BCUT2D eigenvalue weighted by Gasteiger charge is 2.47. The molecule has 1 unspecified atom stereocenters. The summed E-state index contributed by atoms with van der Waals surface area (Å²) in [5, 5.41) is 22.3. The lowest BCUT2D eigenvalue weighted by molar-refractivity contribution is -0.384. The predicted molar refractivity (Wildman–Crippen MR) is 131 cm³/mol. The van der Waals surface area contributed by atoms with Gasteiger partial charge in [0.25, 0.3) is 17.4 Å². The van der Waals surface area contributed by atoms with Crippen molar-refractivity contribution in [3.8, 4) is 0 Å². The molecule has 9 heteroatoms. The van der Waals surface area contributed by atoms with Gasteiger partial charge in [0.05, 0.1) is 28.2 Å². The van der Waals surface area contributed by atoms with Gasteiger partial charge < -0.3 is 9.84 Å². The summed E-state index contributed by atoms with van der Waals surface area (Å²) in [4.78, 5) is 50.4. The van der Waals surface area contributed by atoms with E-state index in [0.717, 1.165) is 6.07 Å². The van der Waals surface area contributed by atoms with E-state index in [1.165, 1.54) is 47.4 Å². The number of aliphatic hydroxyl groups excluding tert-OH is 1. The standard InChI is InChI=1S/C27H22N2O7/c1-16(2)36-27(33)18-11-13-20(14-12-18)28-23(17-7-4-3-5-8-17)22(25(31)26(28)32)24(30)19-9-6-10-21(15-19)29(34)35/h3-16,23,30H,1-2H3/b24-22-. The number of anilines is 1. The zero-order valence-corrected chi connectivity index (χ0v) is 19.5. The zero-order valence-electron chi connectivity index (χ0n) is 19.5. The van der Waals surface area contributed by atoms with E-state index in [0.29, 0.717) is 11.3 Å². The lowest BCUT2D eigenvalue weighted by atomic mass is 9.95. The lowest BCUT2D eigenvalue weighted by Crippen LogP contribution is -2.29. The quantitative estimate of drug-likeness (QED) is 0.133. The van der Waals surface area contributed by atoms with Crippen molar-refractivity contribution in [2.45, 2.75) is 26.0 Å². The number of aliphatic hydroxyl groups is 1. The van der Waals surface area contributed by atoms with Crippen molar-refractivity contribution in [1.82, 2.24) is 0 Å². The van der Waals surface area contributed by atoms with Crippen molar-refractivity contribution in [1.29, 1.82) is 0 Å². The van der Waals surface area contributed by atoms with Crippen LogP contribution in [-0.2, 0) is 14.3 Å². The van der Waals surface area contributed by atoms with Crippen LogP contribution in [0, 0.1) is 10.1 Å². The summed E-state index contributed by atoms with van der Waals surface area (Å²) in [6, 6.07) is 18.9. The van der Waals surface area contributed by atoms with Crippen molar-refractivity contribution >= 4 is 34.8 Å². The normalized spacial score (nSPS) is 16.9. The molecule has 1 aliphatic heterocycles. The second kappa shape index (κ2) is 9.83. The predicted octanol–water partition coefficient (Wildman–Crippen LogP) is 4.79. The molecule has 0 spiro atoms. The highest BCUT2D eigenvalue weighted by molar-refractivity contribution is 6.51. The molecule has 182 valence electrons. The molecule has 36 heavy (non-hydrogen) atoms. The third kappa shape index (κ3) is 4.58. The Morgan fingerprint density at radius 3 is 2.25 bits per heavy atom. The Morgan fingerprint density at radius 1 is 0.972 bits per heavy atom. The van der Waals surface area contributed by atoms with E-state index < -0.39 is 34.4 Å². The second-order valence-electron chi connectivity index (χ2n) is 8.39. The Hall–Kier alpha value is -4.79. The second-order valence-corrected chi connectivity index (χ2v) is 8.39. The van der Waals surface area contributed by atoms with Gasteiger partial charge in [-0.15, -0.1) is 0 Å². The number of ether oxygens (including phenoxy) is 1. The van der Waals surface area contributed by atoms with Crippen molar-refractivity contribution in [2.75, 3.05) is 4.90 Å². The van der Waals surface area contributed by atoms with E-state index in [1.54, 1.807) is 44.2 Å². The molecule has 0 bridgehead atoms. The summed E-state index contributed by atoms with van der Waals surface area (Å²) in [6.07, 6.45) is -0.304. The molecular formula is C27H22N2O7. The molecule has 0 radical (unpaired) electrons. The summed E-state index contributed by atoms with van der Waals surface area (Å²) >= 11 is 0. The number of benzene rings is 3. The van der Waals surface area contributed by atoms with Crippen LogP contribution >= 0.6 is 0 Å². The number of ketones is 1. The molecular weight excluding hydrogens is 464 g/mol. The third-order valence-corrected chi connectivity index (χ3v) is 5.61. The summed E-state index contributed by atoms with van der Waals surface area (Å²) in [5.74, 6) is -2.86. The number of amides is 1. The van der Waals surface area contributed by atoms with Crippen LogP contribution < -0.4 is 4.90 Å². The van der Waals surface area contributed by atoms with Crippen molar-refractivity contribution in [3.63, 3.8) is 0 Å². The van der Waals surface area contributed by atoms with Gasteiger partial charge in [0.15, 0.2) is 0 Å². The maximum absolute atomic E-state index is 13.2. The number of non-ortho nitro benzene ring substituents is 1. The molecule has 0 aliphatic carbocycles. The van der Waals surface area contributed by atoms with Gasteiger partial charge in [-0.05, 0) is 43.7 Å². The fraction of sp³-hybridized carbons (Fsp3) is 0.148. The third-order valence-electron chi connectivity index (χ3n) is 5.61. The van der Waals surface area contributed by atoms with Crippen molar-refractivity contribution in [3.05, 3.63) is 111 Å². The monoisotopic (exact) mass is 486 g/mol. The lowest BCUT2D eigenvalue weighted by Gasteiger charge is -2.25. The minimum atomic E-state index is -1.00. The SMILES string of the molecule is CC(C)OC(=O)c1ccc(N2C(=O)C(=O)/C(=C(\O)c3cccc([N+](=O)[O-])c3)C2c2ccccc2)cc1. The maximum atomic E-state index is 13.2. The maximum Gasteiger partial charge on any atom is 0.338 e. The van der Waals surface area contributed by atoms with Gasteiger partial charge in [-0.3, -0.25) is 24.6 Å². The van der Waals surface area contributed by atoms with E-state index in [1.807, 2.05) is 0 Å². The van der Waals surface area contributed by atoms with Crippen LogP contribution in [0.2, 0.25) is 0 Å². The van der Waals surface area contributed by atoms with E-state index in [4.69, 9.17) is 4.74 Å². The van der Waals surface area contributed by atoms with Crippen LogP contribution in [0.4, 0.5) is 11.4 Å². The average Bonchev–Trinajstić information content (AvgIpc) is 3.14. The number of nitro benzene ring substituents is 1. The molecule has 0 aromatic heterocycles. The molecule has 1 fully saturated rings. The number of nitro groups is 1. The Kier molecular flexibility index (Phi) is 6.64. The summed E-state index contributed by atoms with van der Waals surface area (Å²) < 4.78 is 5.19. The number of hydrogen-bond acceptors (Lipinski definition) is 7. The Labute approximate surface area is 206 Å².